The highest BCUT2D eigenvalue weighted by atomic mass is 16.5. The molecular formula is C20H31N3O3. The Morgan fingerprint density at radius 2 is 1.81 bits per heavy atom. The Balaban J connectivity index is 1.55. The lowest BCUT2D eigenvalue weighted by atomic mass is 10.0. The number of likely N-dealkylation sites (tertiary alicyclic amines) is 1. The summed E-state index contributed by atoms with van der Waals surface area (Å²) in [6, 6.07) is 6.72. The summed E-state index contributed by atoms with van der Waals surface area (Å²) in [7, 11) is 0. The Hall–Kier alpha value is -1.95. The third-order valence-corrected chi connectivity index (χ3v) is 5.12. The maximum absolute atomic E-state index is 12.0. The molecule has 2 heterocycles. The molecule has 2 aliphatic rings. The summed E-state index contributed by atoms with van der Waals surface area (Å²) < 4.78 is 11.4. The summed E-state index contributed by atoms with van der Waals surface area (Å²) in [5.41, 5.74) is 1.24. The van der Waals surface area contributed by atoms with Crippen LogP contribution in [0.5, 0.6) is 11.5 Å². The zero-order valence-corrected chi connectivity index (χ0v) is 16.0. The number of carbonyl (C=O) groups is 1. The highest BCUT2D eigenvalue weighted by molar-refractivity contribution is 5.75. The predicted molar refractivity (Wildman–Crippen MR) is 102 cm³/mol. The fraction of sp³-hybridized carbons (Fsp3) is 0.650. The number of piperidine rings is 1. The molecule has 0 spiro atoms. The molecule has 0 saturated carbocycles. The maximum Gasteiger partial charge on any atom is 0.317 e. The van der Waals surface area contributed by atoms with E-state index in [4.69, 9.17) is 9.47 Å². The molecule has 0 radical (unpaired) electrons. The molecule has 3 rings (SSSR count). The van der Waals surface area contributed by atoms with Crippen LogP contribution in [0, 0.1) is 0 Å². The second-order valence-electron chi connectivity index (χ2n) is 6.93. The van der Waals surface area contributed by atoms with Gasteiger partial charge < -0.3 is 19.7 Å². The van der Waals surface area contributed by atoms with Crippen molar-refractivity contribution in [2.45, 2.75) is 45.7 Å². The van der Waals surface area contributed by atoms with Gasteiger partial charge >= 0.3 is 6.03 Å². The summed E-state index contributed by atoms with van der Waals surface area (Å²) in [5, 5.41) is 2.96. The monoisotopic (exact) mass is 361 g/mol. The molecular weight excluding hydrogens is 330 g/mol. The Morgan fingerprint density at radius 3 is 2.50 bits per heavy atom. The molecule has 0 unspecified atom stereocenters. The molecule has 2 saturated heterocycles. The average molecular weight is 361 g/mol. The number of carbonyl (C=O) groups excluding carboxylic acids is 1. The molecule has 2 fully saturated rings. The number of ether oxygens (including phenoxy) is 2. The van der Waals surface area contributed by atoms with Crippen LogP contribution in [-0.4, -0.2) is 61.3 Å². The lowest BCUT2D eigenvalue weighted by Gasteiger charge is -2.40. The van der Waals surface area contributed by atoms with Gasteiger partial charge in [-0.1, -0.05) is 6.07 Å². The fourth-order valence-corrected chi connectivity index (χ4v) is 3.84. The van der Waals surface area contributed by atoms with Gasteiger partial charge in [0, 0.05) is 38.8 Å². The van der Waals surface area contributed by atoms with E-state index in [1.165, 1.54) is 5.56 Å². The van der Waals surface area contributed by atoms with Crippen molar-refractivity contribution in [2.75, 3.05) is 39.4 Å². The second-order valence-corrected chi connectivity index (χ2v) is 6.93. The Morgan fingerprint density at radius 1 is 1.08 bits per heavy atom. The molecule has 6 heteroatoms. The van der Waals surface area contributed by atoms with E-state index in [0.717, 1.165) is 63.5 Å². The molecule has 0 atom stereocenters. The topological polar surface area (TPSA) is 54.0 Å². The van der Waals surface area contributed by atoms with E-state index in [0.29, 0.717) is 19.3 Å². The van der Waals surface area contributed by atoms with Crippen LogP contribution in [0.25, 0.3) is 0 Å². The van der Waals surface area contributed by atoms with Crippen molar-refractivity contribution in [3.8, 4) is 11.5 Å². The van der Waals surface area contributed by atoms with Crippen LogP contribution in [0.15, 0.2) is 18.2 Å². The van der Waals surface area contributed by atoms with Crippen molar-refractivity contribution in [1.82, 2.24) is 15.1 Å². The Labute approximate surface area is 156 Å². The predicted octanol–water partition coefficient (Wildman–Crippen LogP) is 2.86. The number of urea groups is 1. The van der Waals surface area contributed by atoms with Gasteiger partial charge in [0.2, 0.25) is 0 Å². The lowest BCUT2D eigenvalue weighted by molar-refractivity contribution is 0.109. The number of nitrogens with zero attached hydrogens (tertiary/aromatic N) is 2. The molecule has 0 aliphatic carbocycles. The number of benzene rings is 1. The van der Waals surface area contributed by atoms with E-state index >= 15 is 0 Å². The van der Waals surface area contributed by atoms with Gasteiger partial charge in [0.05, 0.1) is 13.2 Å². The van der Waals surface area contributed by atoms with E-state index in [9.17, 15) is 4.79 Å². The number of nitrogens with one attached hydrogen (secondary N) is 1. The first-order valence-electron chi connectivity index (χ1n) is 9.86. The highest BCUT2D eigenvalue weighted by Gasteiger charge is 2.29. The lowest BCUT2D eigenvalue weighted by Crippen LogP contribution is -2.54. The smallest absolute Gasteiger partial charge is 0.317 e. The SMILES string of the molecule is CCOc1ccc(CN2CCC(N3CCCNC3=O)CC2)cc1OCC. The Kier molecular flexibility index (Phi) is 6.61. The molecule has 26 heavy (non-hydrogen) atoms. The first kappa shape index (κ1) is 18.8. The van der Waals surface area contributed by atoms with Crippen LogP contribution in [0.2, 0.25) is 0 Å². The number of hydrogen-bond acceptors (Lipinski definition) is 4. The molecule has 2 aliphatic heterocycles. The van der Waals surface area contributed by atoms with Gasteiger partial charge in [0.15, 0.2) is 11.5 Å². The first-order chi connectivity index (χ1) is 12.7. The first-order valence-corrected chi connectivity index (χ1v) is 9.86. The van der Waals surface area contributed by atoms with Gasteiger partial charge in [0.1, 0.15) is 0 Å². The standard InChI is InChI=1S/C20H31N3O3/c1-3-25-18-7-6-16(14-19(18)26-4-2)15-22-12-8-17(9-13-22)23-11-5-10-21-20(23)24/h6-7,14,17H,3-5,8-13,15H2,1-2H3,(H,21,24). The third kappa shape index (κ3) is 4.61. The largest absolute Gasteiger partial charge is 0.490 e. The summed E-state index contributed by atoms with van der Waals surface area (Å²) in [4.78, 5) is 16.5. The van der Waals surface area contributed by atoms with E-state index in [-0.39, 0.29) is 6.03 Å². The van der Waals surface area contributed by atoms with Crippen molar-refractivity contribution in [2.24, 2.45) is 0 Å². The van der Waals surface area contributed by atoms with Gasteiger partial charge in [-0.15, -0.1) is 0 Å². The molecule has 144 valence electrons. The normalized spacial score (nSPS) is 19.3. The van der Waals surface area contributed by atoms with Crippen LogP contribution >= 0.6 is 0 Å². The van der Waals surface area contributed by atoms with Gasteiger partial charge in [-0.05, 0) is 50.8 Å². The molecule has 0 aromatic heterocycles. The van der Waals surface area contributed by atoms with Gasteiger partial charge in [-0.2, -0.15) is 0 Å². The third-order valence-electron chi connectivity index (χ3n) is 5.12. The summed E-state index contributed by atoms with van der Waals surface area (Å²) in [6.07, 6.45) is 3.14. The second kappa shape index (κ2) is 9.12. The summed E-state index contributed by atoms with van der Waals surface area (Å²) in [5.74, 6) is 1.64. The summed E-state index contributed by atoms with van der Waals surface area (Å²) in [6.45, 7) is 9.90. The highest BCUT2D eigenvalue weighted by Crippen LogP contribution is 2.29. The number of amides is 2. The van der Waals surface area contributed by atoms with Crippen LogP contribution in [-0.2, 0) is 6.54 Å². The minimum Gasteiger partial charge on any atom is -0.490 e. The fourth-order valence-electron chi connectivity index (χ4n) is 3.84. The average Bonchev–Trinajstić information content (AvgIpc) is 2.65. The van der Waals surface area contributed by atoms with Gasteiger partial charge in [-0.3, -0.25) is 4.90 Å². The van der Waals surface area contributed by atoms with Crippen LogP contribution in [0.3, 0.4) is 0 Å². The van der Waals surface area contributed by atoms with E-state index in [2.05, 4.69) is 22.3 Å². The van der Waals surface area contributed by atoms with Crippen molar-refractivity contribution >= 4 is 6.03 Å². The number of hydrogen-bond donors (Lipinski definition) is 1. The number of rotatable bonds is 7. The molecule has 1 aromatic rings. The van der Waals surface area contributed by atoms with E-state index < -0.39 is 0 Å². The molecule has 6 nitrogen and oxygen atoms in total. The molecule has 1 N–H and O–H groups in total. The van der Waals surface area contributed by atoms with E-state index in [1.807, 2.05) is 24.8 Å². The quantitative estimate of drug-likeness (QED) is 0.811. The van der Waals surface area contributed by atoms with Crippen molar-refractivity contribution in [3.63, 3.8) is 0 Å². The zero-order valence-electron chi connectivity index (χ0n) is 16.0. The summed E-state index contributed by atoms with van der Waals surface area (Å²) >= 11 is 0. The van der Waals surface area contributed by atoms with Gasteiger partial charge in [-0.25, -0.2) is 4.79 Å². The van der Waals surface area contributed by atoms with Crippen LogP contribution in [0.1, 0.15) is 38.7 Å². The molecule has 1 aromatic carbocycles. The molecule has 0 bridgehead atoms. The Bertz CT molecular complexity index is 600. The van der Waals surface area contributed by atoms with Crippen molar-refractivity contribution in [3.05, 3.63) is 23.8 Å². The van der Waals surface area contributed by atoms with Crippen LogP contribution < -0.4 is 14.8 Å². The minimum absolute atomic E-state index is 0.113. The van der Waals surface area contributed by atoms with E-state index in [1.54, 1.807) is 0 Å². The molecule has 2 amide bonds. The van der Waals surface area contributed by atoms with Gasteiger partial charge in [0.25, 0.3) is 0 Å². The zero-order chi connectivity index (χ0) is 18.4. The minimum atomic E-state index is 0.113. The van der Waals surface area contributed by atoms with Crippen LogP contribution in [0.4, 0.5) is 4.79 Å². The van der Waals surface area contributed by atoms with Crippen molar-refractivity contribution in [1.29, 1.82) is 0 Å². The van der Waals surface area contributed by atoms with Crippen molar-refractivity contribution < 1.29 is 14.3 Å². The maximum atomic E-state index is 12.0.